The Hall–Kier alpha value is -2.15. The third kappa shape index (κ3) is 5.01. The van der Waals surface area contributed by atoms with Crippen LogP contribution in [-0.2, 0) is 32.4 Å². The molecule has 0 saturated heterocycles. The first-order chi connectivity index (χ1) is 13.4. The van der Waals surface area contributed by atoms with Gasteiger partial charge in [-0.15, -0.1) is 0 Å². The summed E-state index contributed by atoms with van der Waals surface area (Å²) in [6.07, 6.45) is 4.91. The number of sulfonamides is 1. The second kappa shape index (κ2) is 8.90. The number of rotatable bonds is 7. The number of esters is 1. The minimum atomic E-state index is -3.78. The molecule has 0 heterocycles. The van der Waals surface area contributed by atoms with Gasteiger partial charge < -0.3 is 4.74 Å². The van der Waals surface area contributed by atoms with Crippen LogP contribution < -0.4 is 4.72 Å². The van der Waals surface area contributed by atoms with E-state index < -0.39 is 16.0 Å². The summed E-state index contributed by atoms with van der Waals surface area (Å²) in [6.45, 7) is 1.76. The zero-order valence-electron chi connectivity index (χ0n) is 15.6. The predicted molar refractivity (Wildman–Crippen MR) is 110 cm³/mol. The van der Waals surface area contributed by atoms with E-state index in [2.05, 4.69) is 16.9 Å². The third-order valence-corrected chi connectivity index (χ3v) is 6.25. The van der Waals surface area contributed by atoms with Gasteiger partial charge in [0.15, 0.2) is 0 Å². The van der Waals surface area contributed by atoms with Crippen molar-refractivity contribution in [1.82, 2.24) is 4.72 Å². The molecule has 1 aliphatic carbocycles. The van der Waals surface area contributed by atoms with Gasteiger partial charge in [0.25, 0.3) is 0 Å². The second-order valence-corrected chi connectivity index (χ2v) is 8.75. The molecule has 28 heavy (non-hydrogen) atoms. The molecule has 2 aromatic carbocycles. The lowest BCUT2D eigenvalue weighted by molar-refractivity contribution is -0.138. The van der Waals surface area contributed by atoms with Crippen LogP contribution in [0, 0.1) is 0 Å². The van der Waals surface area contributed by atoms with Gasteiger partial charge in [0, 0.05) is 11.6 Å². The zero-order chi connectivity index (χ0) is 20.1. The van der Waals surface area contributed by atoms with Crippen LogP contribution >= 0.6 is 11.6 Å². The van der Waals surface area contributed by atoms with E-state index in [1.165, 1.54) is 35.4 Å². The fourth-order valence-electron chi connectivity index (χ4n) is 3.16. The van der Waals surface area contributed by atoms with E-state index in [9.17, 15) is 13.2 Å². The maximum atomic E-state index is 12.5. The molecule has 0 spiro atoms. The number of benzene rings is 2. The summed E-state index contributed by atoms with van der Waals surface area (Å²) in [5, 5.41) is 0.447. The largest absolute Gasteiger partial charge is 0.463 e. The van der Waals surface area contributed by atoms with Crippen LogP contribution in [0.2, 0.25) is 5.02 Å². The Morgan fingerprint density at radius 3 is 2.57 bits per heavy atom. The molecule has 3 rings (SSSR count). The van der Waals surface area contributed by atoms with Crippen molar-refractivity contribution < 1.29 is 17.9 Å². The number of hydrogen-bond acceptors (Lipinski definition) is 4. The molecule has 2 aromatic rings. The highest BCUT2D eigenvalue weighted by Crippen LogP contribution is 2.24. The van der Waals surface area contributed by atoms with E-state index in [-0.39, 0.29) is 23.6 Å². The van der Waals surface area contributed by atoms with Gasteiger partial charge >= 0.3 is 5.97 Å². The number of hydrogen-bond donors (Lipinski definition) is 1. The van der Waals surface area contributed by atoms with Gasteiger partial charge in [-0.25, -0.2) is 17.9 Å². The highest BCUT2D eigenvalue weighted by molar-refractivity contribution is 7.89. The Balaban J connectivity index is 1.82. The Bertz CT molecular complexity index is 998. The highest BCUT2D eigenvalue weighted by Gasteiger charge is 2.18. The van der Waals surface area contributed by atoms with Crippen LogP contribution in [0.25, 0.3) is 6.08 Å². The summed E-state index contributed by atoms with van der Waals surface area (Å²) in [6, 6.07) is 11.9. The standard InChI is InChI=1S/C21H22ClNO4S/c1-2-27-21(24)18(13-15-6-7-16-4-3-5-17(16)12-15)14-23-28(25,26)20-10-8-19(22)9-11-20/h6-13,23H,2-5,14H2,1H3/b18-13+. The van der Waals surface area contributed by atoms with Crippen molar-refractivity contribution in [2.75, 3.05) is 13.2 Å². The fraction of sp³-hybridized carbons (Fsp3) is 0.286. The first-order valence-electron chi connectivity index (χ1n) is 9.14. The summed E-state index contributed by atoms with van der Waals surface area (Å²) in [7, 11) is -3.78. The molecule has 1 N–H and O–H groups in total. The summed E-state index contributed by atoms with van der Waals surface area (Å²) in [5.41, 5.74) is 3.71. The van der Waals surface area contributed by atoms with Crippen LogP contribution in [0.4, 0.5) is 0 Å². The van der Waals surface area contributed by atoms with Crippen LogP contribution in [0.3, 0.4) is 0 Å². The van der Waals surface area contributed by atoms with Crippen LogP contribution in [-0.4, -0.2) is 27.5 Å². The SMILES string of the molecule is CCOC(=O)/C(=C/c1ccc2c(c1)CCC2)CNS(=O)(=O)c1ccc(Cl)cc1. The molecule has 148 valence electrons. The van der Waals surface area contributed by atoms with E-state index in [4.69, 9.17) is 16.3 Å². The van der Waals surface area contributed by atoms with Gasteiger partial charge in [-0.1, -0.05) is 29.8 Å². The lowest BCUT2D eigenvalue weighted by Crippen LogP contribution is -2.28. The molecule has 5 nitrogen and oxygen atoms in total. The maximum absolute atomic E-state index is 12.5. The molecule has 0 fully saturated rings. The van der Waals surface area contributed by atoms with Crippen LogP contribution in [0.5, 0.6) is 0 Å². The van der Waals surface area contributed by atoms with Crippen molar-refractivity contribution in [3.8, 4) is 0 Å². The number of halogens is 1. The number of ether oxygens (including phenoxy) is 1. The van der Waals surface area contributed by atoms with Crippen molar-refractivity contribution in [2.45, 2.75) is 31.1 Å². The Morgan fingerprint density at radius 2 is 1.86 bits per heavy atom. The molecular formula is C21H22ClNO4S. The topological polar surface area (TPSA) is 72.5 Å². The first kappa shape index (κ1) is 20.6. The van der Waals surface area contributed by atoms with Crippen molar-refractivity contribution >= 4 is 33.7 Å². The maximum Gasteiger partial charge on any atom is 0.335 e. The van der Waals surface area contributed by atoms with Crippen molar-refractivity contribution in [3.05, 3.63) is 69.8 Å². The van der Waals surface area contributed by atoms with E-state index in [0.29, 0.717) is 5.02 Å². The number of nitrogens with one attached hydrogen (secondary N) is 1. The molecule has 0 saturated carbocycles. The Labute approximate surface area is 170 Å². The first-order valence-corrected chi connectivity index (χ1v) is 11.0. The molecular weight excluding hydrogens is 398 g/mol. The van der Waals surface area contributed by atoms with Crippen molar-refractivity contribution in [2.24, 2.45) is 0 Å². The average Bonchev–Trinajstić information content (AvgIpc) is 3.13. The number of fused-ring (bicyclic) bond motifs is 1. The predicted octanol–water partition coefficient (Wildman–Crippen LogP) is 3.75. The van der Waals surface area contributed by atoms with E-state index in [1.807, 2.05) is 6.07 Å². The van der Waals surface area contributed by atoms with E-state index >= 15 is 0 Å². The molecule has 0 radical (unpaired) electrons. The van der Waals surface area contributed by atoms with Gasteiger partial charge in [0.2, 0.25) is 10.0 Å². The molecule has 0 amide bonds. The van der Waals surface area contributed by atoms with Gasteiger partial charge in [0.1, 0.15) is 0 Å². The lowest BCUT2D eigenvalue weighted by Gasteiger charge is -2.10. The van der Waals surface area contributed by atoms with Gasteiger partial charge in [-0.2, -0.15) is 0 Å². The molecule has 0 atom stereocenters. The average molecular weight is 420 g/mol. The number of carbonyl (C=O) groups excluding carboxylic acids is 1. The summed E-state index contributed by atoms with van der Waals surface area (Å²) >= 11 is 5.81. The smallest absolute Gasteiger partial charge is 0.335 e. The van der Waals surface area contributed by atoms with Crippen LogP contribution in [0.1, 0.15) is 30.0 Å². The van der Waals surface area contributed by atoms with Crippen molar-refractivity contribution in [3.63, 3.8) is 0 Å². The summed E-state index contributed by atoms with van der Waals surface area (Å²) < 4.78 is 32.6. The van der Waals surface area contributed by atoms with E-state index in [0.717, 1.165) is 24.8 Å². The molecule has 1 aliphatic rings. The van der Waals surface area contributed by atoms with Gasteiger partial charge in [0.05, 0.1) is 17.1 Å². The van der Waals surface area contributed by atoms with Crippen LogP contribution in [0.15, 0.2) is 52.9 Å². The molecule has 0 aromatic heterocycles. The van der Waals surface area contributed by atoms with Gasteiger partial charge in [-0.3, -0.25) is 0 Å². The monoisotopic (exact) mass is 419 g/mol. The molecule has 0 aliphatic heterocycles. The quantitative estimate of drug-likeness (QED) is 0.548. The van der Waals surface area contributed by atoms with Crippen molar-refractivity contribution in [1.29, 1.82) is 0 Å². The fourth-order valence-corrected chi connectivity index (χ4v) is 4.29. The Kier molecular flexibility index (Phi) is 6.54. The minimum Gasteiger partial charge on any atom is -0.463 e. The second-order valence-electron chi connectivity index (χ2n) is 6.55. The highest BCUT2D eigenvalue weighted by atomic mass is 35.5. The zero-order valence-corrected chi connectivity index (χ0v) is 17.1. The molecule has 7 heteroatoms. The Morgan fingerprint density at radius 1 is 1.14 bits per heavy atom. The molecule has 0 unspecified atom stereocenters. The molecule has 0 bridgehead atoms. The lowest BCUT2D eigenvalue weighted by atomic mass is 10.0. The number of aryl methyl sites for hydroxylation is 2. The van der Waals surface area contributed by atoms with Gasteiger partial charge in [-0.05, 0) is 73.2 Å². The third-order valence-electron chi connectivity index (χ3n) is 4.58. The minimum absolute atomic E-state index is 0.0811. The summed E-state index contributed by atoms with van der Waals surface area (Å²) in [4.78, 5) is 12.4. The van der Waals surface area contributed by atoms with E-state index in [1.54, 1.807) is 13.0 Å². The number of carbonyl (C=O) groups is 1. The summed E-state index contributed by atoms with van der Waals surface area (Å²) in [5.74, 6) is -0.540. The normalized spacial score (nSPS) is 14.0.